The second kappa shape index (κ2) is 4.89. The second-order valence-electron chi connectivity index (χ2n) is 5.22. The van der Waals surface area contributed by atoms with E-state index in [-0.39, 0.29) is 11.8 Å². The van der Waals surface area contributed by atoms with E-state index in [9.17, 15) is 4.79 Å². The fraction of sp³-hybridized carbons (Fsp3) is 0.500. The van der Waals surface area contributed by atoms with Crippen molar-refractivity contribution in [2.45, 2.75) is 39.5 Å². The van der Waals surface area contributed by atoms with E-state index >= 15 is 0 Å². The van der Waals surface area contributed by atoms with Gasteiger partial charge >= 0.3 is 0 Å². The first-order valence-corrected chi connectivity index (χ1v) is 7.51. The summed E-state index contributed by atoms with van der Waals surface area (Å²) in [6, 6.07) is 2.04. The zero-order valence-corrected chi connectivity index (χ0v) is 12.0. The van der Waals surface area contributed by atoms with Gasteiger partial charge in [0, 0.05) is 11.6 Å². The van der Waals surface area contributed by atoms with E-state index in [1.807, 2.05) is 13.0 Å². The van der Waals surface area contributed by atoms with Crippen LogP contribution in [0.4, 0.5) is 5.13 Å². The summed E-state index contributed by atoms with van der Waals surface area (Å²) in [5, 5.41) is 3.62. The minimum Gasteiger partial charge on any atom is -0.302 e. The van der Waals surface area contributed by atoms with Gasteiger partial charge in [0.05, 0.1) is 4.70 Å². The molecule has 1 saturated carbocycles. The maximum atomic E-state index is 12.1. The average molecular weight is 275 g/mol. The number of hydrogen-bond donors (Lipinski definition) is 1. The fourth-order valence-electron chi connectivity index (χ4n) is 2.67. The van der Waals surface area contributed by atoms with E-state index in [2.05, 4.69) is 22.2 Å². The topological polar surface area (TPSA) is 54.9 Å². The fourth-order valence-corrected chi connectivity index (χ4v) is 3.55. The molecule has 3 rings (SSSR count). The summed E-state index contributed by atoms with van der Waals surface area (Å²) >= 11 is 1.51. The third-order valence-electron chi connectivity index (χ3n) is 3.63. The van der Waals surface area contributed by atoms with Gasteiger partial charge in [0.2, 0.25) is 5.91 Å². The molecule has 0 radical (unpaired) electrons. The van der Waals surface area contributed by atoms with Crippen LogP contribution in [0.25, 0.3) is 10.3 Å². The van der Waals surface area contributed by atoms with Crippen LogP contribution in [-0.4, -0.2) is 15.9 Å². The third-order valence-corrected chi connectivity index (χ3v) is 4.73. The maximum Gasteiger partial charge on any atom is 0.229 e. The number of anilines is 1. The van der Waals surface area contributed by atoms with Crippen molar-refractivity contribution in [3.05, 3.63) is 17.3 Å². The highest BCUT2D eigenvalue weighted by Crippen LogP contribution is 2.30. The SMILES string of the molecule is Cc1cc(C)c2sc(NC(=O)C3CCCC3)nc2n1. The molecule has 2 aromatic rings. The lowest BCUT2D eigenvalue weighted by Gasteiger charge is -2.06. The molecule has 1 aliphatic rings. The molecule has 2 heterocycles. The van der Waals surface area contributed by atoms with E-state index in [4.69, 9.17) is 0 Å². The summed E-state index contributed by atoms with van der Waals surface area (Å²) in [5.41, 5.74) is 2.87. The maximum absolute atomic E-state index is 12.1. The predicted octanol–water partition coefficient (Wildman–Crippen LogP) is 3.44. The Morgan fingerprint density at radius 3 is 2.79 bits per heavy atom. The Morgan fingerprint density at radius 1 is 1.32 bits per heavy atom. The van der Waals surface area contributed by atoms with E-state index in [1.54, 1.807) is 0 Å². The van der Waals surface area contributed by atoms with Gasteiger partial charge in [-0.3, -0.25) is 4.79 Å². The number of nitrogens with zero attached hydrogens (tertiary/aromatic N) is 2. The van der Waals surface area contributed by atoms with E-state index in [0.717, 1.165) is 41.7 Å². The summed E-state index contributed by atoms with van der Waals surface area (Å²) in [5.74, 6) is 0.286. The first-order chi connectivity index (χ1) is 9.13. The Hall–Kier alpha value is -1.49. The number of nitrogens with one attached hydrogen (secondary N) is 1. The molecule has 4 nitrogen and oxygen atoms in total. The Kier molecular flexibility index (Phi) is 3.22. The molecule has 0 saturated heterocycles. The smallest absolute Gasteiger partial charge is 0.229 e. The first kappa shape index (κ1) is 12.5. The standard InChI is InChI=1S/C14H17N3OS/c1-8-7-9(2)15-12-11(8)19-14(16-12)17-13(18)10-5-3-4-6-10/h7,10H,3-6H2,1-2H3,(H,15,16,17,18). The van der Waals surface area contributed by atoms with Gasteiger partial charge in [-0.25, -0.2) is 4.98 Å². The molecule has 5 heteroatoms. The molecule has 1 amide bonds. The highest BCUT2D eigenvalue weighted by molar-refractivity contribution is 7.22. The molecule has 0 atom stereocenters. The van der Waals surface area contributed by atoms with Crippen molar-refractivity contribution in [3.63, 3.8) is 0 Å². The number of rotatable bonds is 2. The van der Waals surface area contributed by atoms with Gasteiger partial charge in [-0.15, -0.1) is 0 Å². The highest BCUT2D eigenvalue weighted by Gasteiger charge is 2.23. The quantitative estimate of drug-likeness (QED) is 0.913. The number of amides is 1. The number of thiazole rings is 1. The van der Waals surface area contributed by atoms with Gasteiger partial charge in [-0.1, -0.05) is 24.2 Å². The molecule has 0 unspecified atom stereocenters. The molecule has 0 aliphatic heterocycles. The lowest BCUT2D eigenvalue weighted by molar-refractivity contribution is -0.119. The van der Waals surface area contributed by atoms with Crippen molar-refractivity contribution in [2.75, 3.05) is 5.32 Å². The molecular formula is C14H17N3OS. The normalized spacial score (nSPS) is 16.1. The van der Waals surface area contributed by atoms with Crippen LogP contribution in [0, 0.1) is 19.8 Å². The van der Waals surface area contributed by atoms with Crippen LogP contribution in [0.2, 0.25) is 0 Å². The van der Waals surface area contributed by atoms with Crippen molar-refractivity contribution in [1.82, 2.24) is 9.97 Å². The monoisotopic (exact) mass is 275 g/mol. The number of aromatic nitrogens is 2. The molecule has 100 valence electrons. The van der Waals surface area contributed by atoms with Gasteiger partial charge in [-0.2, -0.15) is 4.98 Å². The Morgan fingerprint density at radius 2 is 2.05 bits per heavy atom. The molecule has 1 N–H and O–H groups in total. The lowest BCUT2D eigenvalue weighted by atomic mass is 10.1. The number of fused-ring (bicyclic) bond motifs is 1. The van der Waals surface area contributed by atoms with Crippen LogP contribution in [0.1, 0.15) is 36.9 Å². The summed E-state index contributed by atoms with van der Waals surface area (Å²) in [6.45, 7) is 4.01. The molecule has 1 fully saturated rings. The molecule has 2 aromatic heterocycles. The number of carbonyl (C=O) groups is 1. The van der Waals surface area contributed by atoms with Crippen LogP contribution in [0.3, 0.4) is 0 Å². The second-order valence-corrected chi connectivity index (χ2v) is 6.22. The minimum absolute atomic E-state index is 0.117. The minimum atomic E-state index is 0.117. The van der Waals surface area contributed by atoms with E-state index in [0.29, 0.717) is 5.13 Å². The van der Waals surface area contributed by atoms with E-state index in [1.165, 1.54) is 16.9 Å². The average Bonchev–Trinajstić information content (AvgIpc) is 2.96. The lowest BCUT2D eigenvalue weighted by Crippen LogP contribution is -2.20. The first-order valence-electron chi connectivity index (χ1n) is 6.69. The van der Waals surface area contributed by atoms with Crippen molar-refractivity contribution in [3.8, 4) is 0 Å². The Balaban J connectivity index is 1.85. The number of pyridine rings is 1. The summed E-state index contributed by atoms with van der Waals surface area (Å²) in [6.07, 6.45) is 4.34. The van der Waals surface area contributed by atoms with Crippen molar-refractivity contribution in [2.24, 2.45) is 5.92 Å². The summed E-state index contributed by atoms with van der Waals surface area (Å²) in [4.78, 5) is 20.9. The molecule has 0 aromatic carbocycles. The Bertz CT molecular complexity index is 629. The molecule has 1 aliphatic carbocycles. The van der Waals surface area contributed by atoms with Crippen molar-refractivity contribution in [1.29, 1.82) is 0 Å². The summed E-state index contributed by atoms with van der Waals surface area (Å²) < 4.78 is 1.06. The van der Waals surface area contributed by atoms with Crippen LogP contribution in [0.5, 0.6) is 0 Å². The largest absolute Gasteiger partial charge is 0.302 e. The predicted molar refractivity (Wildman–Crippen MR) is 77.5 cm³/mol. The number of aryl methyl sites for hydroxylation is 2. The number of hydrogen-bond acceptors (Lipinski definition) is 4. The van der Waals surface area contributed by atoms with Gasteiger partial charge in [-0.05, 0) is 38.3 Å². The zero-order chi connectivity index (χ0) is 13.4. The van der Waals surface area contributed by atoms with Crippen LogP contribution < -0.4 is 5.32 Å². The van der Waals surface area contributed by atoms with E-state index < -0.39 is 0 Å². The Labute approximate surface area is 116 Å². The highest BCUT2D eigenvalue weighted by atomic mass is 32.1. The molecule has 0 bridgehead atoms. The van der Waals surface area contributed by atoms with Crippen LogP contribution in [-0.2, 0) is 4.79 Å². The van der Waals surface area contributed by atoms with Gasteiger partial charge in [0.1, 0.15) is 0 Å². The van der Waals surface area contributed by atoms with Crippen molar-refractivity contribution < 1.29 is 4.79 Å². The van der Waals surface area contributed by atoms with Crippen molar-refractivity contribution >= 4 is 32.7 Å². The third kappa shape index (κ3) is 2.47. The molecular weight excluding hydrogens is 258 g/mol. The molecule has 0 spiro atoms. The van der Waals surface area contributed by atoms with Crippen LogP contribution >= 0.6 is 11.3 Å². The van der Waals surface area contributed by atoms with Gasteiger partial charge in [0.15, 0.2) is 10.8 Å². The zero-order valence-electron chi connectivity index (χ0n) is 11.2. The number of carbonyl (C=O) groups excluding carboxylic acids is 1. The van der Waals surface area contributed by atoms with Gasteiger partial charge < -0.3 is 5.32 Å². The van der Waals surface area contributed by atoms with Gasteiger partial charge in [0.25, 0.3) is 0 Å². The van der Waals surface area contributed by atoms with Crippen LogP contribution in [0.15, 0.2) is 6.07 Å². The summed E-state index contributed by atoms with van der Waals surface area (Å²) in [7, 11) is 0. The molecule has 19 heavy (non-hydrogen) atoms.